The van der Waals surface area contributed by atoms with Gasteiger partial charge in [-0.25, -0.2) is 4.79 Å². The maximum atomic E-state index is 12.2. The minimum atomic E-state index is -0.509. The first-order chi connectivity index (χ1) is 13.4. The molecular weight excluding hydrogens is 378 g/mol. The molecule has 148 valence electrons. The highest BCUT2D eigenvalue weighted by atomic mass is 32.1. The van der Waals surface area contributed by atoms with Crippen LogP contribution in [0.25, 0.3) is 0 Å². The van der Waals surface area contributed by atoms with E-state index in [1.54, 1.807) is 6.92 Å². The summed E-state index contributed by atoms with van der Waals surface area (Å²) < 4.78 is 9.88. The number of rotatable bonds is 6. The van der Waals surface area contributed by atoms with Crippen molar-refractivity contribution in [2.75, 3.05) is 19.0 Å². The number of aryl methyl sites for hydroxylation is 3. The molecule has 0 aliphatic heterocycles. The molecule has 2 aromatic rings. The maximum absolute atomic E-state index is 12.2. The van der Waals surface area contributed by atoms with E-state index in [9.17, 15) is 14.4 Å². The first-order valence-corrected chi connectivity index (χ1v) is 9.95. The van der Waals surface area contributed by atoms with E-state index in [4.69, 9.17) is 9.47 Å². The third-order valence-electron chi connectivity index (χ3n) is 4.90. The van der Waals surface area contributed by atoms with Crippen LogP contribution in [0.5, 0.6) is 0 Å². The molecule has 6 nitrogen and oxygen atoms in total. The smallest absolute Gasteiger partial charge is 0.341 e. The van der Waals surface area contributed by atoms with Crippen molar-refractivity contribution in [1.29, 1.82) is 0 Å². The van der Waals surface area contributed by atoms with E-state index in [1.807, 2.05) is 19.1 Å². The number of anilines is 1. The number of ether oxygens (including phenoxy) is 2. The van der Waals surface area contributed by atoms with Crippen LogP contribution in [0.4, 0.5) is 5.00 Å². The number of hydrogen-bond donors (Lipinski definition) is 1. The highest BCUT2D eigenvalue weighted by Crippen LogP contribution is 2.32. The van der Waals surface area contributed by atoms with Gasteiger partial charge in [0.1, 0.15) is 5.00 Å². The molecule has 1 aromatic carbocycles. The molecule has 0 bridgehead atoms. The van der Waals surface area contributed by atoms with Gasteiger partial charge in [-0.1, -0.05) is 18.2 Å². The minimum Gasteiger partial charge on any atom is -0.465 e. The minimum absolute atomic E-state index is 0.130. The summed E-state index contributed by atoms with van der Waals surface area (Å²) in [5.74, 6) is -1.46. The van der Waals surface area contributed by atoms with Crippen LogP contribution in [0.1, 0.15) is 43.9 Å². The van der Waals surface area contributed by atoms with Crippen molar-refractivity contribution in [2.24, 2.45) is 0 Å². The third-order valence-corrected chi connectivity index (χ3v) is 6.03. The lowest BCUT2D eigenvalue weighted by Crippen LogP contribution is -2.22. The fourth-order valence-electron chi connectivity index (χ4n) is 3.32. The van der Waals surface area contributed by atoms with Crippen LogP contribution in [-0.4, -0.2) is 31.6 Å². The Balaban J connectivity index is 1.55. The molecule has 0 atom stereocenters. The van der Waals surface area contributed by atoms with Gasteiger partial charge in [0, 0.05) is 4.88 Å². The van der Waals surface area contributed by atoms with Crippen LogP contribution in [0, 0.1) is 13.8 Å². The average Bonchev–Trinajstić information content (AvgIpc) is 3.23. The van der Waals surface area contributed by atoms with Crippen molar-refractivity contribution in [3.8, 4) is 0 Å². The van der Waals surface area contributed by atoms with Crippen LogP contribution >= 0.6 is 11.3 Å². The fourth-order valence-corrected chi connectivity index (χ4v) is 4.39. The number of fused-ring (bicyclic) bond motifs is 1. The summed E-state index contributed by atoms with van der Waals surface area (Å²) in [4.78, 5) is 37.1. The normalized spacial score (nSPS) is 12.4. The number of carbonyl (C=O) groups excluding carboxylic acids is 3. The zero-order valence-corrected chi connectivity index (χ0v) is 17.0. The molecule has 1 N–H and O–H groups in total. The summed E-state index contributed by atoms with van der Waals surface area (Å²) in [6, 6.07) is 6.04. The molecule has 0 spiro atoms. The lowest BCUT2D eigenvalue weighted by atomic mass is 10.0. The van der Waals surface area contributed by atoms with E-state index in [2.05, 4.69) is 11.4 Å². The van der Waals surface area contributed by atoms with Crippen LogP contribution in [0.3, 0.4) is 0 Å². The highest BCUT2D eigenvalue weighted by molar-refractivity contribution is 7.16. The van der Waals surface area contributed by atoms with Gasteiger partial charge < -0.3 is 14.8 Å². The summed E-state index contributed by atoms with van der Waals surface area (Å²) in [5.41, 5.74) is 4.63. The zero-order valence-electron chi connectivity index (χ0n) is 16.2. The number of carbonyl (C=O) groups is 3. The van der Waals surface area contributed by atoms with E-state index in [-0.39, 0.29) is 6.42 Å². The Morgan fingerprint density at radius 2 is 1.89 bits per heavy atom. The van der Waals surface area contributed by atoms with E-state index in [1.165, 1.54) is 29.6 Å². The number of nitrogens with one attached hydrogen (secondary N) is 1. The van der Waals surface area contributed by atoms with Crippen molar-refractivity contribution in [3.05, 3.63) is 50.9 Å². The van der Waals surface area contributed by atoms with E-state index < -0.39 is 24.5 Å². The van der Waals surface area contributed by atoms with E-state index in [0.29, 0.717) is 10.6 Å². The van der Waals surface area contributed by atoms with E-state index in [0.717, 1.165) is 35.3 Å². The maximum Gasteiger partial charge on any atom is 0.341 e. The topological polar surface area (TPSA) is 81.7 Å². The van der Waals surface area contributed by atoms with Crippen molar-refractivity contribution < 1.29 is 23.9 Å². The molecule has 3 rings (SSSR count). The molecule has 1 aliphatic carbocycles. The Labute approximate surface area is 167 Å². The molecule has 1 aromatic heterocycles. The van der Waals surface area contributed by atoms with Gasteiger partial charge in [-0.15, -0.1) is 11.3 Å². The van der Waals surface area contributed by atoms with Gasteiger partial charge in [0.25, 0.3) is 5.91 Å². The van der Waals surface area contributed by atoms with E-state index >= 15 is 0 Å². The van der Waals surface area contributed by atoms with Gasteiger partial charge in [0.15, 0.2) is 6.61 Å². The lowest BCUT2D eigenvalue weighted by molar-refractivity contribution is -0.146. The molecule has 0 radical (unpaired) electrons. The van der Waals surface area contributed by atoms with Gasteiger partial charge in [-0.05, 0) is 55.4 Å². The molecule has 0 fully saturated rings. The average molecular weight is 401 g/mol. The van der Waals surface area contributed by atoms with Crippen molar-refractivity contribution in [1.82, 2.24) is 0 Å². The number of amides is 1. The molecule has 1 heterocycles. The van der Waals surface area contributed by atoms with Crippen LogP contribution in [-0.2, 0) is 38.3 Å². The number of thiophene rings is 1. The highest BCUT2D eigenvalue weighted by Gasteiger charge is 2.22. The molecule has 0 saturated carbocycles. The standard InChI is InChI=1S/C21H23NO5S/c1-12-13(2)28-20(19(12)21(25)26-3)22-17(23)11-27-18(24)10-14-7-8-15-5-4-6-16(15)9-14/h7-9H,4-6,10-11H2,1-3H3,(H,22,23). The number of methoxy groups -OCH3 is 1. The molecular formula is C21H23NO5S. The van der Waals surface area contributed by atoms with Gasteiger partial charge in [-0.2, -0.15) is 0 Å². The SMILES string of the molecule is COC(=O)c1c(NC(=O)COC(=O)Cc2ccc3c(c2)CCC3)sc(C)c1C. The summed E-state index contributed by atoms with van der Waals surface area (Å²) in [6.45, 7) is 3.25. The van der Waals surface area contributed by atoms with Gasteiger partial charge in [0.05, 0.1) is 19.1 Å². The monoisotopic (exact) mass is 401 g/mol. The Hall–Kier alpha value is -2.67. The van der Waals surface area contributed by atoms with Crippen LogP contribution in [0.2, 0.25) is 0 Å². The largest absolute Gasteiger partial charge is 0.465 e. The Kier molecular flexibility index (Phi) is 6.14. The quantitative estimate of drug-likeness (QED) is 0.751. The predicted octanol–water partition coefficient (Wildman–Crippen LogP) is 3.36. The Morgan fingerprint density at radius 3 is 2.64 bits per heavy atom. The second-order valence-electron chi connectivity index (χ2n) is 6.82. The summed E-state index contributed by atoms with van der Waals surface area (Å²) in [6.07, 6.45) is 3.42. The molecule has 28 heavy (non-hydrogen) atoms. The van der Waals surface area contributed by atoms with Crippen molar-refractivity contribution in [3.63, 3.8) is 0 Å². The van der Waals surface area contributed by atoms with Gasteiger partial charge in [0.2, 0.25) is 0 Å². The molecule has 1 aliphatic rings. The molecule has 0 unspecified atom stereocenters. The molecule has 7 heteroatoms. The Bertz CT molecular complexity index is 931. The Morgan fingerprint density at radius 1 is 1.14 bits per heavy atom. The predicted molar refractivity (Wildman–Crippen MR) is 107 cm³/mol. The third kappa shape index (κ3) is 4.42. The van der Waals surface area contributed by atoms with Crippen LogP contribution < -0.4 is 5.32 Å². The number of hydrogen-bond acceptors (Lipinski definition) is 6. The van der Waals surface area contributed by atoms with Crippen molar-refractivity contribution in [2.45, 2.75) is 39.5 Å². The first-order valence-electron chi connectivity index (χ1n) is 9.13. The lowest BCUT2D eigenvalue weighted by Gasteiger charge is -2.08. The molecule has 1 amide bonds. The van der Waals surface area contributed by atoms with Gasteiger partial charge >= 0.3 is 11.9 Å². The summed E-state index contributed by atoms with van der Waals surface area (Å²) >= 11 is 1.29. The number of esters is 2. The fraction of sp³-hybridized carbons (Fsp3) is 0.381. The second-order valence-corrected chi connectivity index (χ2v) is 8.05. The number of benzene rings is 1. The second kappa shape index (κ2) is 8.56. The zero-order chi connectivity index (χ0) is 20.3. The first kappa shape index (κ1) is 20.1. The summed E-state index contributed by atoms with van der Waals surface area (Å²) in [7, 11) is 1.29. The van der Waals surface area contributed by atoms with Crippen LogP contribution in [0.15, 0.2) is 18.2 Å². The molecule has 0 saturated heterocycles. The van der Waals surface area contributed by atoms with Crippen molar-refractivity contribution >= 4 is 34.2 Å². The summed E-state index contributed by atoms with van der Waals surface area (Å²) in [5, 5.41) is 3.05. The van der Waals surface area contributed by atoms with Gasteiger partial charge in [-0.3, -0.25) is 9.59 Å².